The van der Waals surface area contributed by atoms with Gasteiger partial charge in [-0.15, -0.1) is 23.1 Å². The molecule has 0 spiro atoms. The Morgan fingerprint density at radius 1 is 1.59 bits per heavy atom. The van der Waals surface area contributed by atoms with Crippen LogP contribution in [0, 0.1) is 0 Å². The van der Waals surface area contributed by atoms with Crippen molar-refractivity contribution in [2.24, 2.45) is 0 Å². The van der Waals surface area contributed by atoms with E-state index >= 15 is 0 Å². The van der Waals surface area contributed by atoms with Crippen LogP contribution in [0.1, 0.15) is 18.5 Å². The molecule has 118 valence electrons. The van der Waals surface area contributed by atoms with Crippen molar-refractivity contribution in [1.29, 1.82) is 0 Å². The fraction of sp³-hybridized carbons (Fsp3) is 0.467. The van der Waals surface area contributed by atoms with E-state index in [0.717, 1.165) is 35.7 Å². The van der Waals surface area contributed by atoms with Crippen LogP contribution in [0.3, 0.4) is 0 Å². The summed E-state index contributed by atoms with van der Waals surface area (Å²) in [5, 5.41) is 15.3. The predicted molar refractivity (Wildman–Crippen MR) is 87.8 cm³/mol. The van der Waals surface area contributed by atoms with E-state index in [2.05, 4.69) is 5.16 Å². The summed E-state index contributed by atoms with van der Waals surface area (Å²) in [6, 6.07) is 5.90. The fourth-order valence-corrected chi connectivity index (χ4v) is 4.06. The van der Waals surface area contributed by atoms with Gasteiger partial charge in [0, 0.05) is 18.4 Å². The van der Waals surface area contributed by atoms with Crippen molar-refractivity contribution >= 4 is 29.0 Å². The number of thioether (sulfide) groups is 1. The predicted octanol–water partition coefficient (Wildman–Crippen LogP) is 2.62. The first-order valence-electron chi connectivity index (χ1n) is 7.25. The average molecular weight is 338 g/mol. The third kappa shape index (κ3) is 3.53. The van der Waals surface area contributed by atoms with Crippen LogP contribution in [0.5, 0.6) is 0 Å². The highest BCUT2D eigenvalue weighted by Crippen LogP contribution is 2.26. The zero-order chi connectivity index (χ0) is 15.4. The van der Waals surface area contributed by atoms with E-state index in [1.165, 1.54) is 11.8 Å². The molecule has 1 atom stereocenters. The molecule has 2 aromatic rings. The smallest absolute Gasteiger partial charge is 0.232 e. The van der Waals surface area contributed by atoms with Crippen molar-refractivity contribution in [3.8, 4) is 10.6 Å². The van der Waals surface area contributed by atoms with Crippen molar-refractivity contribution in [2.75, 3.05) is 18.9 Å². The minimum Gasteiger partial charge on any atom is -0.394 e. The lowest BCUT2D eigenvalue weighted by molar-refractivity contribution is -0.129. The summed E-state index contributed by atoms with van der Waals surface area (Å²) in [7, 11) is 0. The number of hydrogen-bond acceptors (Lipinski definition) is 6. The van der Waals surface area contributed by atoms with Gasteiger partial charge in [0.05, 0.1) is 29.0 Å². The summed E-state index contributed by atoms with van der Waals surface area (Å²) in [6.45, 7) is 0.820. The normalized spacial score (nSPS) is 18.0. The summed E-state index contributed by atoms with van der Waals surface area (Å²) in [5.74, 6) is 1.94. The van der Waals surface area contributed by atoms with E-state index in [9.17, 15) is 9.90 Å². The molecule has 5 nitrogen and oxygen atoms in total. The Hall–Kier alpha value is -1.31. The molecule has 1 fully saturated rings. The van der Waals surface area contributed by atoms with E-state index in [-0.39, 0.29) is 18.6 Å². The molecule has 0 unspecified atom stereocenters. The van der Waals surface area contributed by atoms with Crippen LogP contribution in [0.2, 0.25) is 0 Å². The Balaban J connectivity index is 1.48. The molecule has 1 aliphatic heterocycles. The van der Waals surface area contributed by atoms with Gasteiger partial charge < -0.3 is 14.5 Å². The number of likely N-dealkylation sites (tertiary alicyclic amines) is 1. The largest absolute Gasteiger partial charge is 0.394 e. The summed E-state index contributed by atoms with van der Waals surface area (Å²) < 4.78 is 5.32. The zero-order valence-corrected chi connectivity index (χ0v) is 13.7. The number of aliphatic hydroxyl groups excluding tert-OH is 1. The summed E-state index contributed by atoms with van der Waals surface area (Å²) in [4.78, 5) is 15.0. The molecule has 0 radical (unpaired) electrons. The third-order valence-corrected chi connectivity index (χ3v) is 5.54. The lowest BCUT2D eigenvalue weighted by Gasteiger charge is -2.22. The van der Waals surface area contributed by atoms with Gasteiger partial charge in [-0.25, -0.2) is 0 Å². The van der Waals surface area contributed by atoms with Crippen LogP contribution < -0.4 is 0 Å². The Kier molecular flexibility index (Phi) is 5.17. The zero-order valence-electron chi connectivity index (χ0n) is 12.1. The van der Waals surface area contributed by atoms with Crippen LogP contribution in [0.15, 0.2) is 28.1 Å². The number of rotatable bonds is 6. The molecule has 0 aromatic carbocycles. The van der Waals surface area contributed by atoms with Gasteiger partial charge in [0.1, 0.15) is 0 Å². The number of carbonyl (C=O) groups is 1. The van der Waals surface area contributed by atoms with Crippen LogP contribution in [0.4, 0.5) is 0 Å². The second kappa shape index (κ2) is 7.30. The maximum atomic E-state index is 12.1. The summed E-state index contributed by atoms with van der Waals surface area (Å²) in [6.07, 6.45) is 1.88. The lowest BCUT2D eigenvalue weighted by atomic mass is 10.2. The minimum absolute atomic E-state index is 0.00517. The van der Waals surface area contributed by atoms with Crippen molar-refractivity contribution in [3.05, 3.63) is 29.3 Å². The lowest BCUT2D eigenvalue weighted by Crippen LogP contribution is -2.38. The first kappa shape index (κ1) is 15.6. The maximum Gasteiger partial charge on any atom is 0.232 e. The number of carbonyl (C=O) groups excluding carboxylic acids is 1. The molecule has 3 heterocycles. The van der Waals surface area contributed by atoms with E-state index < -0.39 is 0 Å². The third-order valence-electron chi connectivity index (χ3n) is 3.71. The Morgan fingerprint density at radius 2 is 2.50 bits per heavy atom. The van der Waals surface area contributed by atoms with E-state index in [0.29, 0.717) is 11.5 Å². The van der Waals surface area contributed by atoms with E-state index in [1.807, 2.05) is 23.6 Å². The van der Waals surface area contributed by atoms with Crippen LogP contribution in [-0.2, 0) is 10.5 Å². The molecule has 0 bridgehead atoms. The average Bonchev–Trinajstić information content (AvgIpc) is 3.26. The summed E-state index contributed by atoms with van der Waals surface area (Å²) >= 11 is 3.15. The van der Waals surface area contributed by atoms with Crippen molar-refractivity contribution in [1.82, 2.24) is 10.1 Å². The van der Waals surface area contributed by atoms with Crippen LogP contribution in [0.25, 0.3) is 10.6 Å². The number of aliphatic hydroxyl groups is 1. The van der Waals surface area contributed by atoms with E-state index in [4.69, 9.17) is 4.52 Å². The van der Waals surface area contributed by atoms with Gasteiger partial charge in [-0.3, -0.25) is 4.79 Å². The Labute approximate surface area is 137 Å². The van der Waals surface area contributed by atoms with Gasteiger partial charge in [0.15, 0.2) is 5.76 Å². The van der Waals surface area contributed by atoms with Gasteiger partial charge in [0.25, 0.3) is 0 Å². The van der Waals surface area contributed by atoms with Crippen LogP contribution in [-0.4, -0.2) is 46.0 Å². The number of amides is 1. The highest BCUT2D eigenvalue weighted by Gasteiger charge is 2.27. The Bertz CT molecular complexity index is 612. The van der Waals surface area contributed by atoms with E-state index in [1.54, 1.807) is 16.2 Å². The van der Waals surface area contributed by atoms with Crippen LogP contribution >= 0.6 is 23.1 Å². The number of hydrogen-bond donors (Lipinski definition) is 1. The molecule has 0 aliphatic carbocycles. The molecule has 0 saturated carbocycles. The van der Waals surface area contributed by atoms with Gasteiger partial charge in [-0.05, 0) is 24.3 Å². The fourth-order valence-electron chi connectivity index (χ4n) is 2.59. The topological polar surface area (TPSA) is 66.6 Å². The quantitative estimate of drug-likeness (QED) is 0.877. The number of thiophene rings is 1. The van der Waals surface area contributed by atoms with Crippen molar-refractivity contribution in [2.45, 2.75) is 24.6 Å². The molecular weight excluding hydrogens is 320 g/mol. The SMILES string of the molecule is O=C(CSCc1cc(-c2cccs2)on1)N1CCC[C@@H]1CO. The molecule has 22 heavy (non-hydrogen) atoms. The molecule has 1 saturated heterocycles. The molecule has 2 aromatic heterocycles. The second-order valence-corrected chi connectivity index (χ2v) is 7.15. The monoisotopic (exact) mass is 338 g/mol. The molecule has 3 rings (SSSR count). The Morgan fingerprint density at radius 3 is 3.27 bits per heavy atom. The molecule has 1 N–H and O–H groups in total. The molecular formula is C15H18N2O3S2. The number of aromatic nitrogens is 1. The molecule has 1 amide bonds. The van der Waals surface area contributed by atoms with Gasteiger partial charge in [-0.1, -0.05) is 11.2 Å². The minimum atomic E-state index is 0.00517. The summed E-state index contributed by atoms with van der Waals surface area (Å²) in [5.41, 5.74) is 0.848. The number of nitrogens with zero attached hydrogens (tertiary/aromatic N) is 2. The first-order chi connectivity index (χ1) is 10.8. The molecule has 1 aliphatic rings. The van der Waals surface area contributed by atoms with Crippen molar-refractivity contribution in [3.63, 3.8) is 0 Å². The van der Waals surface area contributed by atoms with Crippen molar-refractivity contribution < 1.29 is 14.4 Å². The first-order valence-corrected chi connectivity index (χ1v) is 9.29. The van der Waals surface area contributed by atoms with Gasteiger partial charge >= 0.3 is 0 Å². The molecule has 7 heteroatoms. The second-order valence-electron chi connectivity index (χ2n) is 5.22. The van der Waals surface area contributed by atoms with Gasteiger partial charge in [-0.2, -0.15) is 0 Å². The highest BCUT2D eigenvalue weighted by atomic mass is 32.2. The highest BCUT2D eigenvalue weighted by molar-refractivity contribution is 7.99. The van der Waals surface area contributed by atoms with Gasteiger partial charge in [0.2, 0.25) is 5.91 Å². The standard InChI is InChI=1S/C15H18N2O3S2/c18-8-12-3-1-5-17(12)15(19)10-21-9-11-7-13(20-16-11)14-4-2-6-22-14/h2,4,6-7,12,18H,1,3,5,8-10H2/t12-/m1/s1. The maximum absolute atomic E-state index is 12.1.